The molecule has 0 saturated heterocycles. The van der Waals surface area contributed by atoms with Crippen LogP contribution in [0, 0.1) is 6.92 Å². The van der Waals surface area contributed by atoms with Gasteiger partial charge >= 0.3 is 5.97 Å². The first-order valence-electron chi connectivity index (χ1n) is 6.31. The lowest BCUT2D eigenvalue weighted by Gasteiger charge is -2.10. The molecule has 0 aliphatic heterocycles. The summed E-state index contributed by atoms with van der Waals surface area (Å²) < 4.78 is 8.15. The Labute approximate surface area is 135 Å². The van der Waals surface area contributed by atoms with Crippen molar-refractivity contribution < 1.29 is 14.6 Å². The first-order valence-corrected chi connectivity index (χ1v) is 7.48. The van der Waals surface area contributed by atoms with Crippen LogP contribution in [0.1, 0.15) is 28.7 Å². The summed E-state index contributed by atoms with van der Waals surface area (Å²) in [6.45, 7) is 4.70. The van der Waals surface area contributed by atoms with Crippen molar-refractivity contribution in [2.75, 3.05) is 0 Å². The van der Waals surface area contributed by atoms with Gasteiger partial charge in [-0.05, 0) is 48.0 Å². The topological polar surface area (TPSA) is 64.4 Å². The zero-order valence-electron chi connectivity index (χ0n) is 11.6. The molecule has 0 bridgehead atoms. The van der Waals surface area contributed by atoms with E-state index < -0.39 is 5.97 Å². The lowest BCUT2D eigenvalue weighted by Crippen LogP contribution is -2.07. The third-order valence-electron chi connectivity index (χ3n) is 3.00. The highest BCUT2D eigenvalue weighted by Crippen LogP contribution is 2.28. The zero-order chi connectivity index (χ0) is 15.6. The SMILES string of the molecule is CCn1nc(C)c(Cl)c1COc1cc(C(=O)O)ccc1Br. The van der Waals surface area contributed by atoms with Gasteiger partial charge in [-0.15, -0.1) is 0 Å². The minimum atomic E-state index is -1.00. The second-order valence-corrected chi connectivity index (χ2v) is 5.63. The molecule has 112 valence electrons. The molecule has 1 heterocycles. The van der Waals surface area contributed by atoms with Gasteiger partial charge in [0.2, 0.25) is 0 Å². The van der Waals surface area contributed by atoms with E-state index in [0.717, 1.165) is 11.4 Å². The molecule has 1 aromatic heterocycles. The summed E-state index contributed by atoms with van der Waals surface area (Å²) in [7, 11) is 0. The maximum atomic E-state index is 11.0. The molecule has 0 saturated carbocycles. The van der Waals surface area contributed by atoms with Crippen molar-refractivity contribution in [2.45, 2.75) is 27.0 Å². The molecule has 0 radical (unpaired) electrons. The fraction of sp³-hybridized carbons (Fsp3) is 0.286. The molecular formula is C14H14BrClN2O3. The van der Waals surface area contributed by atoms with Crippen LogP contribution in [-0.4, -0.2) is 20.9 Å². The van der Waals surface area contributed by atoms with Crippen LogP contribution in [-0.2, 0) is 13.2 Å². The third kappa shape index (κ3) is 3.39. The van der Waals surface area contributed by atoms with Gasteiger partial charge in [-0.2, -0.15) is 5.10 Å². The maximum absolute atomic E-state index is 11.0. The highest BCUT2D eigenvalue weighted by Gasteiger charge is 2.14. The summed E-state index contributed by atoms with van der Waals surface area (Å²) in [5.41, 5.74) is 1.68. The molecule has 2 rings (SSSR count). The first kappa shape index (κ1) is 15.9. The summed E-state index contributed by atoms with van der Waals surface area (Å²) in [4.78, 5) is 11.0. The largest absolute Gasteiger partial charge is 0.486 e. The molecule has 0 atom stereocenters. The zero-order valence-corrected chi connectivity index (χ0v) is 13.9. The quantitative estimate of drug-likeness (QED) is 0.863. The van der Waals surface area contributed by atoms with Crippen molar-refractivity contribution in [3.8, 4) is 5.75 Å². The Morgan fingerprint density at radius 1 is 1.52 bits per heavy atom. The van der Waals surface area contributed by atoms with Crippen LogP contribution in [0.3, 0.4) is 0 Å². The maximum Gasteiger partial charge on any atom is 0.335 e. The van der Waals surface area contributed by atoms with Gasteiger partial charge < -0.3 is 9.84 Å². The van der Waals surface area contributed by atoms with E-state index in [0.29, 0.717) is 21.8 Å². The number of carbonyl (C=O) groups is 1. The smallest absolute Gasteiger partial charge is 0.335 e. The normalized spacial score (nSPS) is 10.7. The number of rotatable bonds is 5. The number of carboxylic acid groups (broad SMARTS) is 1. The lowest BCUT2D eigenvalue weighted by atomic mass is 10.2. The van der Waals surface area contributed by atoms with E-state index >= 15 is 0 Å². The molecule has 2 aromatic rings. The van der Waals surface area contributed by atoms with Crippen molar-refractivity contribution in [3.63, 3.8) is 0 Å². The van der Waals surface area contributed by atoms with Crippen molar-refractivity contribution in [1.82, 2.24) is 9.78 Å². The molecule has 0 unspecified atom stereocenters. The van der Waals surface area contributed by atoms with Crippen LogP contribution >= 0.6 is 27.5 Å². The molecule has 0 spiro atoms. The Bertz CT molecular complexity index is 685. The Morgan fingerprint density at radius 3 is 2.86 bits per heavy atom. The summed E-state index contributed by atoms with van der Waals surface area (Å²) in [6, 6.07) is 4.62. The third-order valence-corrected chi connectivity index (χ3v) is 4.14. The minimum Gasteiger partial charge on any atom is -0.486 e. The van der Waals surface area contributed by atoms with E-state index in [1.165, 1.54) is 12.1 Å². The fourth-order valence-corrected chi connectivity index (χ4v) is 2.45. The second kappa shape index (κ2) is 6.49. The Balaban J connectivity index is 2.24. The molecule has 0 fully saturated rings. The van der Waals surface area contributed by atoms with Gasteiger partial charge in [-0.1, -0.05) is 11.6 Å². The van der Waals surface area contributed by atoms with E-state index in [2.05, 4.69) is 21.0 Å². The first-order chi connectivity index (χ1) is 9.93. The van der Waals surface area contributed by atoms with Gasteiger partial charge in [0.15, 0.2) is 0 Å². The number of aryl methyl sites for hydroxylation is 2. The number of halogens is 2. The van der Waals surface area contributed by atoms with E-state index in [1.807, 2.05) is 13.8 Å². The summed E-state index contributed by atoms with van der Waals surface area (Å²) in [5.74, 6) is -0.549. The lowest BCUT2D eigenvalue weighted by molar-refractivity contribution is 0.0696. The average Bonchev–Trinajstić information content (AvgIpc) is 2.73. The summed E-state index contributed by atoms with van der Waals surface area (Å²) >= 11 is 9.55. The van der Waals surface area contributed by atoms with Crippen LogP contribution in [0.15, 0.2) is 22.7 Å². The standard InChI is InChI=1S/C14H14BrClN2O3/c1-3-18-11(13(16)8(2)17-18)7-21-12-6-9(14(19)20)4-5-10(12)15/h4-6H,3,7H2,1-2H3,(H,19,20). The number of carboxylic acids is 1. The van der Waals surface area contributed by atoms with Gasteiger partial charge in [0.1, 0.15) is 12.4 Å². The number of aromatic nitrogens is 2. The molecular weight excluding hydrogens is 360 g/mol. The van der Waals surface area contributed by atoms with Gasteiger partial charge in [-0.25, -0.2) is 4.79 Å². The fourth-order valence-electron chi connectivity index (χ4n) is 1.90. The van der Waals surface area contributed by atoms with Gasteiger partial charge in [0.05, 0.1) is 26.4 Å². The molecule has 1 aromatic carbocycles. The monoisotopic (exact) mass is 372 g/mol. The number of ether oxygens (including phenoxy) is 1. The van der Waals surface area contributed by atoms with Gasteiger partial charge in [0.25, 0.3) is 0 Å². The molecule has 5 nitrogen and oxygen atoms in total. The second-order valence-electron chi connectivity index (χ2n) is 4.40. The van der Waals surface area contributed by atoms with Gasteiger partial charge in [-0.3, -0.25) is 4.68 Å². The molecule has 0 aliphatic rings. The summed E-state index contributed by atoms with van der Waals surface area (Å²) in [6.07, 6.45) is 0. The van der Waals surface area contributed by atoms with E-state index in [1.54, 1.807) is 10.7 Å². The molecule has 0 amide bonds. The van der Waals surface area contributed by atoms with E-state index in [-0.39, 0.29) is 12.2 Å². The van der Waals surface area contributed by atoms with Gasteiger partial charge in [0, 0.05) is 6.54 Å². The van der Waals surface area contributed by atoms with E-state index in [4.69, 9.17) is 21.4 Å². The van der Waals surface area contributed by atoms with Crippen molar-refractivity contribution >= 4 is 33.5 Å². The van der Waals surface area contributed by atoms with Crippen LogP contribution in [0.4, 0.5) is 0 Å². The highest BCUT2D eigenvalue weighted by atomic mass is 79.9. The number of aromatic carboxylic acids is 1. The Morgan fingerprint density at radius 2 is 2.24 bits per heavy atom. The number of hydrogen-bond donors (Lipinski definition) is 1. The van der Waals surface area contributed by atoms with Crippen molar-refractivity contribution in [2.24, 2.45) is 0 Å². The van der Waals surface area contributed by atoms with Crippen LogP contribution < -0.4 is 4.74 Å². The van der Waals surface area contributed by atoms with Crippen molar-refractivity contribution in [3.05, 3.63) is 44.6 Å². The Kier molecular flexibility index (Phi) is 4.90. The predicted molar refractivity (Wildman–Crippen MR) is 83.1 cm³/mol. The number of benzene rings is 1. The van der Waals surface area contributed by atoms with Crippen molar-refractivity contribution in [1.29, 1.82) is 0 Å². The number of hydrogen-bond acceptors (Lipinski definition) is 3. The molecule has 0 aliphatic carbocycles. The Hall–Kier alpha value is -1.53. The minimum absolute atomic E-state index is 0.166. The summed E-state index contributed by atoms with van der Waals surface area (Å²) in [5, 5.41) is 13.9. The van der Waals surface area contributed by atoms with E-state index in [9.17, 15) is 4.79 Å². The molecule has 21 heavy (non-hydrogen) atoms. The van der Waals surface area contributed by atoms with Crippen LogP contribution in [0.25, 0.3) is 0 Å². The highest BCUT2D eigenvalue weighted by molar-refractivity contribution is 9.10. The van der Waals surface area contributed by atoms with Crippen LogP contribution in [0.2, 0.25) is 5.02 Å². The number of nitrogens with zero attached hydrogens (tertiary/aromatic N) is 2. The average molecular weight is 374 g/mol. The molecule has 7 heteroatoms. The molecule has 1 N–H and O–H groups in total. The van der Waals surface area contributed by atoms with Crippen LogP contribution in [0.5, 0.6) is 5.75 Å². The predicted octanol–water partition coefficient (Wildman–Crippen LogP) is 3.90.